The van der Waals surface area contributed by atoms with Gasteiger partial charge in [0.15, 0.2) is 6.04 Å². The van der Waals surface area contributed by atoms with E-state index in [-0.39, 0.29) is 0 Å². The number of nitrogens with zero attached hydrogens (tertiary/aromatic N) is 1. The summed E-state index contributed by atoms with van der Waals surface area (Å²) < 4.78 is 5.03. The van der Waals surface area contributed by atoms with Gasteiger partial charge in [0, 0.05) is 5.02 Å². The van der Waals surface area contributed by atoms with Gasteiger partial charge in [0.05, 0.1) is 13.2 Å². The summed E-state index contributed by atoms with van der Waals surface area (Å²) in [6.07, 6.45) is -0.728. The molecule has 1 aliphatic carbocycles. The van der Waals surface area contributed by atoms with E-state index in [0.717, 1.165) is 22.3 Å². The van der Waals surface area contributed by atoms with E-state index >= 15 is 0 Å². The molecule has 0 aliphatic heterocycles. The number of amides is 1. The van der Waals surface area contributed by atoms with Crippen LogP contribution in [0.15, 0.2) is 72.8 Å². The van der Waals surface area contributed by atoms with E-state index in [4.69, 9.17) is 16.3 Å². The highest BCUT2D eigenvalue weighted by atomic mass is 35.5. The molecule has 5 nitrogen and oxygen atoms in total. The zero-order chi connectivity index (χ0) is 20.5. The van der Waals surface area contributed by atoms with Crippen LogP contribution >= 0.6 is 11.6 Å². The number of carboxylic acid groups (broad SMARTS) is 1. The van der Waals surface area contributed by atoms with E-state index in [1.807, 2.05) is 48.5 Å². The minimum atomic E-state index is -1.27. The number of hydrogen-bond acceptors (Lipinski definition) is 3. The summed E-state index contributed by atoms with van der Waals surface area (Å²) >= 11 is 6.11. The van der Waals surface area contributed by atoms with E-state index in [1.54, 1.807) is 24.3 Å². The minimum absolute atomic E-state index is 0.394. The largest absolute Gasteiger partial charge is 0.479 e. The first-order valence-electron chi connectivity index (χ1n) is 9.05. The number of benzene rings is 3. The maximum atomic E-state index is 12.9. The first-order chi connectivity index (χ1) is 14.0. The topological polar surface area (TPSA) is 66.8 Å². The highest BCUT2D eigenvalue weighted by molar-refractivity contribution is 6.30. The van der Waals surface area contributed by atoms with Crippen LogP contribution in [0.25, 0.3) is 11.1 Å². The Morgan fingerprint density at radius 3 is 2.07 bits per heavy atom. The molecule has 3 aromatic carbocycles. The van der Waals surface area contributed by atoms with Crippen molar-refractivity contribution < 1.29 is 19.4 Å². The lowest BCUT2D eigenvalue weighted by Gasteiger charge is -2.34. The van der Waals surface area contributed by atoms with Crippen molar-refractivity contribution in [2.45, 2.75) is 12.1 Å². The Balaban J connectivity index is 1.94. The molecule has 0 fully saturated rings. The Labute approximate surface area is 173 Å². The molecule has 0 heterocycles. The molecule has 0 bridgehead atoms. The number of carbonyl (C=O) groups is 2. The van der Waals surface area contributed by atoms with Gasteiger partial charge in [-0.05, 0) is 39.9 Å². The predicted octanol–water partition coefficient (Wildman–Crippen LogP) is 5.30. The maximum absolute atomic E-state index is 12.9. The van der Waals surface area contributed by atoms with E-state index in [1.165, 1.54) is 12.0 Å². The fourth-order valence-corrected chi connectivity index (χ4v) is 4.19. The lowest BCUT2D eigenvalue weighted by atomic mass is 9.98. The number of aliphatic carboxylic acids is 1. The fourth-order valence-electron chi connectivity index (χ4n) is 3.99. The number of fused-ring (bicyclic) bond motifs is 3. The van der Waals surface area contributed by atoms with Gasteiger partial charge in [-0.3, -0.25) is 4.90 Å². The van der Waals surface area contributed by atoms with Gasteiger partial charge < -0.3 is 9.84 Å². The van der Waals surface area contributed by atoms with Crippen molar-refractivity contribution in [1.82, 2.24) is 4.90 Å². The number of carbonyl (C=O) groups excluding carboxylic acids is 1. The van der Waals surface area contributed by atoms with E-state index < -0.39 is 24.1 Å². The highest BCUT2D eigenvalue weighted by Crippen LogP contribution is 2.48. The summed E-state index contributed by atoms with van der Waals surface area (Å²) in [7, 11) is 1.25. The lowest BCUT2D eigenvalue weighted by molar-refractivity contribution is -0.143. The number of hydrogen-bond donors (Lipinski definition) is 1. The second-order valence-corrected chi connectivity index (χ2v) is 7.19. The number of methoxy groups -OCH3 is 1. The molecule has 1 N–H and O–H groups in total. The quantitative estimate of drug-likeness (QED) is 0.636. The number of carboxylic acids is 1. The highest BCUT2D eigenvalue weighted by Gasteiger charge is 2.42. The Hall–Kier alpha value is -3.31. The third-order valence-electron chi connectivity index (χ3n) is 5.14. The van der Waals surface area contributed by atoms with Gasteiger partial charge in [0.25, 0.3) is 0 Å². The summed E-state index contributed by atoms with van der Waals surface area (Å²) in [4.78, 5) is 26.6. The Bertz CT molecular complexity index is 1050. The van der Waals surface area contributed by atoms with Crippen LogP contribution in [0.1, 0.15) is 28.8 Å². The molecule has 0 spiro atoms. The SMILES string of the molecule is COC(=O)N(C1c2ccccc2-c2ccccc21)[C@@H](C(=O)O)c1cccc(Cl)c1. The Morgan fingerprint density at radius 1 is 0.966 bits per heavy atom. The third-order valence-corrected chi connectivity index (χ3v) is 5.38. The molecule has 29 heavy (non-hydrogen) atoms. The number of rotatable bonds is 4. The van der Waals surface area contributed by atoms with Crippen LogP contribution in [0.5, 0.6) is 0 Å². The van der Waals surface area contributed by atoms with Crippen LogP contribution in [0, 0.1) is 0 Å². The molecule has 1 aliphatic rings. The molecule has 146 valence electrons. The van der Waals surface area contributed by atoms with E-state index in [9.17, 15) is 14.7 Å². The molecule has 0 saturated carbocycles. The second kappa shape index (κ2) is 7.60. The summed E-state index contributed by atoms with van der Waals surface area (Å²) in [5.74, 6) is -1.17. The molecular formula is C23H18ClNO4. The molecule has 0 radical (unpaired) electrons. The van der Waals surface area contributed by atoms with Gasteiger partial charge in [-0.25, -0.2) is 9.59 Å². The smallest absolute Gasteiger partial charge is 0.411 e. The summed E-state index contributed by atoms with van der Waals surface area (Å²) in [5.41, 5.74) is 4.05. The zero-order valence-electron chi connectivity index (χ0n) is 15.6. The number of ether oxygens (including phenoxy) is 1. The first-order valence-corrected chi connectivity index (χ1v) is 9.43. The van der Waals surface area contributed by atoms with Gasteiger partial charge in [-0.1, -0.05) is 72.3 Å². The van der Waals surface area contributed by atoms with Crippen molar-refractivity contribution in [3.05, 3.63) is 94.5 Å². The van der Waals surface area contributed by atoms with Crippen molar-refractivity contribution in [2.24, 2.45) is 0 Å². The van der Waals surface area contributed by atoms with Crippen molar-refractivity contribution in [3.63, 3.8) is 0 Å². The molecular weight excluding hydrogens is 390 g/mol. The fraction of sp³-hybridized carbons (Fsp3) is 0.130. The third kappa shape index (κ3) is 3.23. The molecule has 0 aromatic heterocycles. The van der Waals surface area contributed by atoms with Gasteiger partial charge >= 0.3 is 12.1 Å². The molecule has 0 unspecified atom stereocenters. The van der Waals surface area contributed by atoms with Crippen molar-refractivity contribution >= 4 is 23.7 Å². The van der Waals surface area contributed by atoms with E-state index in [2.05, 4.69) is 0 Å². The van der Waals surface area contributed by atoms with Gasteiger partial charge in [0.1, 0.15) is 0 Å². The molecule has 4 rings (SSSR count). The number of halogens is 1. The standard InChI is InChI=1S/C23H18ClNO4/c1-29-23(28)25(20(22(26)27)14-7-6-8-15(24)13-14)21-18-11-4-2-9-16(18)17-10-3-5-12-19(17)21/h2-13,20-21H,1H3,(H,26,27)/t20-/m1/s1. The summed E-state index contributed by atoms with van der Waals surface area (Å²) in [6, 6.07) is 20.0. The Kier molecular flexibility index (Phi) is 4.99. The van der Waals surface area contributed by atoms with Gasteiger partial charge in [-0.2, -0.15) is 0 Å². The van der Waals surface area contributed by atoms with Crippen molar-refractivity contribution in [1.29, 1.82) is 0 Å². The molecule has 1 amide bonds. The van der Waals surface area contributed by atoms with E-state index in [0.29, 0.717) is 10.6 Å². The monoisotopic (exact) mass is 407 g/mol. The van der Waals surface area contributed by atoms with Crippen LogP contribution in [-0.2, 0) is 9.53 Å². The molecule has 0 saturated heterocycles. The molecule has 3 aromatic rings. The Morgan fingerprint density at radius 2 is 1.55 bits per heavy atom. The van der Waals surface area contributed by atoms with Crippen LogP contribution in [0.4, 0.5) is 4.79 Å². The van der Waals surface area contributed by atoms with Gasteiger partial charge in [-0.15, -0.1) is 0 Å². The van der Waals surface area contributed by atoms with Crippen LogP contribution < -0.4 is 0 Å². The molecule has 1 atom stereocenters. The van der Waals surface area contributed by atoms with Crippen LogP contribution in [0.3, 0.4) is 0 Å². The maximum Gasteiger partial charge on any atom is 0.411 e. The van der Waals surface area contributed by atoms with Crippen LogP contribution in [0.2, 0.25) is 5.02 Å². The van der Waals surface area contributed by atoms with Crippen LogP contribution in [-0.4, -0.2) is 29.2 Å². The normalized spacial score (nSPS) is 13.3. The second-order valence-electron chi connectivity index (χ2n) is 6.75. The zero-order valence-corrected chi connectivity index (χ0v) is 16.3. The molecule has 6 heteroatoms. The summed E-state index contributed by atoms with van der Waals surface area (Å²) in [5, 5.41) is 10.5. The van der Waals surface area contributed by atoms with Gasteiger partial charge in [0.2, 0.25) is 0 Å². The van der Waals surface area contributed by atoms with Crippen molar-refractivity contribution in [3.8, 4) is 11.1 Å². The average molecular weight is 408 g/mol. The lowest BCUT2D eigenvalue weighted by Crippen LogP contribution is -2.41. The first kappa shape index (κ1) is 19.0. The predicted molar refractivity (Wildman–Crippen MR) is 110 cm³/mol. The minimum Gasteiger partial charge on any atom is -0.479 e. The average Bonchev–Trinajstić information content (AvgIpc) is 3.05. The van der Waals surface area contributed by atoms with Crippen molar-refractivity contribution in [2.75, 3.05) is 7.11 Å². The summed E-state index contributed by atoms with van der Waals surface area (Å²) in [6.45, 7) is 0.